The Kier molecular flexibility index (Phi) is 10.2. The number of nitro groups is 1. The van der Waals surface area contributed by atoms with E-state index in [1.54, 1.807) is 6.08 Å². The van der Waals surface area contributed by atoms with Gasteiger partial charge in [0.2, 0.25) is 6.20 Å². The molecular weight excluding hydrogens is 222 g/mol. The summed E-state index contributed by atoms with van der Waals surface area (Å²) in [7, 11) is 1.40. The van der Waals surface area contributed by atoms with Crippen LogP contribution in [0.15, 0.2) is 12.3 Å². The molecule has 0 fully saturated rings. The lowest BCUT2D eigenvalue weighted by Gasteiger charge is -2.00. The number of methoxy groups -OCH3 is 1. The minimum absolute atomic E-state index is 0.144. The zero-order valence-corrected chi connectivity index (χ0v) is 10.4. The van der Waals surface area contributed by atoms with Crippen molar-refractivity contribution in [2.75, 3.05) is 7.11 Å². The summed E-state index contributed by atoms with van der Waals surface area (Å²) in [6.45, 7) is 0. The molecular formula is C12H21NO4. The molecule has 0 spiro atoms. The highest BCUT2D eigenvalue weighted by Crippen LogP contribution is 2.09. The Bertz CT molecular complexity index is 251. The SMILES string of the molecule is COC(=O)CCCCCCCCC=C[N+](=O)[O-]. The molecule has 0 aromatic heterocycles. The van der Waals surface area contributed by atoms with Crippen LogP contribution in [0.2, 0.25) is 0 Å². The Labute approximate surface area is 102 Å². The van der Waals surface area contributed by atoms with Crippen molar-refractivity contribution in [2.45, 2.75) is 51.4 Å². The molecule has 0 unspecified atom stereocenters. The minimum Gasteiger partial charge on any atom is -0.469 e. The topological polar surface area (TPSA) is 69.4 Å². The van der Waals surface area contributed by atoms with Gasteiger partial charge in [0.25, 0.3) is 0 Å². The molecule has 0 aromatic carbocycles. The number of carbonyl (C=O) groups is 1. The van der Waals surface area contributed by atoms with Gasteiger partial charge in [0, 0.05) is 6.42 Å². The quantitative estimate of drug-likeness (QED) is 0.256. The predicted molar refractivity (Wildman–Crippen MR) is 65.1 cm³/mol. The largest absolute Gasteiger partial charge is 0.469 e. The van der Waals surface area contributed by atoms with Crippen LogP contribution >= 0.6 is 0 Å². The third-order valence-electron chi connectivity index (χ3n) is 2.46. The minimum atomic E-state index is -0.438. The standard InChI is InChI=1S/C12H21NO4/c1-17-12(14)10-8-6-4-2-3-5-7-9-11-13(15)16/h9,11H,2-8,10H2,1H3. The first-order chi connectivity index (χ1) is 8.16. The number of esters is 1. The molecule has 0 aliphatic heterocycles. The molecule has 0 saturated carbocycles. The van der Waals surface area contributed by atoms with Crippen LogP contribution in [0.25, 0.3) is 0 Å². The third-order valence-corrected chi connectivity index (χ3v) is 2.46. The van der Waals surface area contributed by atoms with Crippen molar-refractivity contribution >= 4 is 5.97 Å². The van der Waals surface area contributed by atoms with E-state index in [4.69, 9.17) is 0 Å². The maximum absolute atomic E-state index is 10.8. The number of carbonyl (C=O) groups excluding carboxylic acids is 1. The van der Waals surface area contributed by atoms with E-state index in [0.717, 1.165) is 51.1 Å². The summed E-state index contributed by atoms with van der Waals surface area (Å²) in [5.74, 6) is -0.144. The molecule has 98 valence electrons. The highest BCUT2D eigenvalue weighted by molar-refractivity contribution is 5.68. The molecule has 0 N–H and O–H groups in total. The number of rotatable bonds is 10. The van der Waals surface area contributed by atoms with Crippen LogP contribution in [0, 0.1) is 10.1 Å². The van der Waals surface area contributed by atoms with Crippen molar-refractivity contribution in [2.24, 2.45) is 0 Å². The van der Waals surface area contributed by atoms with E-state index >= 15 is 0 Å². The molecule has 5 nitrogen and oxygen atoms in total. The van der Waals surface area contributed by atoms with E-state index in [9.17, 15) is 14.9 Å². The van der Waals surface area contributed by atoms with Crippen LogP contribution in [0.1, 0.15) is 51.4 Å². The fraction of sp³-hybridized carbons (Fsp3) is 0.750. The Hall–Kier alpha value is -1.39. The molecule has 0 atom stereocenters. The van der Waals surface area contributed by atoms with Gasteiger partial charge in [-0.2, -0.15) is 0 Å². The van der Waals surface area contributed by atoms with Gasteiger partial charge in [0.15, 0.2) is 0 Å². The van der Waals surface area contributed by atoms with Crippen LogP contribution in [0.4, 0.5) is 0 Å². The molecule has 0 aromatic rings. The Morgan fingerprint density at radius 3 is 2.35 bits per heavy atom. The van der Waals surface area contributed by atoms with E-state index in [0.29, 0.717) is 6.42 Å². The monoisotopic (exact) mass is 243 g/mol. The molecule has 0 bridgehead atoms. The Morgan fingerprint density at radius 1 is 1.18 bits per heavy atom. The fourth-order valence-electron chi connectivity index (χ4n) is 1.50. The summed E-state index contributed by atoms with van der Waals surface area (Å²) in [5, 5.41) is 9.97. The van der Waals surface area contributed by atoms with E-state index in [1.165, 1.54) is 7.11 Å². The third kappa shape index (κ3) is 12.5. The summed E-state index contributed by atoms with van der Waals surface area (Å²) >= 11 is 0. The highest BCUT2D eigenvalue weighted by Gasteiger charge is 1.98. The van der Waals surface area contributed by atoms with Gasteiger partial charge in [0.1, 0.15) is 0 Å². The van der Waals surface area contributed by atoms with Crippen molar-refractivity contribution in [3.63, 3.8) is 0 Å². The van der Waals surface area contributed by atoms with Crippen molar-refractivity contribution in [1.29, 1.82) is 0 Å². The first-order valence-corrected chi connectivity index (χ1v) is 6.03. The van der Waals surface area contributed by atoms with E-state index < -0.39 is 4.92 Å². The molecule has 0 rings (SSSR count). The molecule has 0 saturated heterocycles. The molecule has 5 heteroatoms. The first-order valence-electron chi connectivity index (χ1n) is 6.03. The van der Waals surface area contributed by atoms with Crippen molar-refractivity contribution in [3.05, 3.63) is 22.4 Å². The maximum atomic E-state index is 10.8. The number of allylic oxidation sites excluding steroid dienone is 1. The average Bonchev–Trinajstić information content (AvgIpc) is 2.30. The molecule has 17 heavy (non-hydrogen) atoms. The lowest BCUT2D eigenvalue weighted by Crippen LogP contribution is -1.99. The molecule has 0 aliphatic carbocycles. The van der Waals surface area contributed by atoms with Gasteiger partial charge in [-0.25, -0.2) is 0 Å². The number of hydrogen-bond donors (Lipinski definition) is 0. The smallest absolute Gasteiger partial charge is 0.305 e. The number of unbranched alkanes of at least 4 members (excludes halogenated alkanes) is 6. The highest BCUT2D eigenvalue weighted by atomic mass is 16.6. The van der Waals surface area contributed by atoms with Gasteiger partial charge >= 0.3 is 5.97 Å². The normalized spacial score (nSPS) is 10.6. The average molecular weight is 243 g/mol. The van der Waals surface area contributed by atoms with Crippen LogP contribution in [-0.4, -0.2) is 18.0 Å². The number of nitrogens with zero attached hydrogens (tertiary/aromatic N) is 1. The number of hydrogen-bond acceptors (Lipinski definition) is 4. The fourth-order valence-corrected chi connectivity index (χ4v) is 1.50. The molecule has 0 aliphatic rings. The van der Waals surface area contributed by atoms with Gasteiger partial charge in [-0.3, -0.25) is 14.9 Å². The first kappa shape index (κ1) is 15.6. The van der Waals surface area contributed by atoms with Crippen LogP contribution in [0.5, 0.6) is 0 Å². The van der Waals surface area contributed by atoms with Gasteiger partial charge in [0.05, 0.1) is 12.0 Å². The molecule has 0 radical (unpaired) electrons. The lowest BCUT2D eigenvalue weighted by molar-refractivity contribution is -0.402. The van der Waals surface area contributed by atoms with Crippen LogP contribution in [0.3, 0.4) is 0 Å². The van der Waals surface area contributed by atoms with E-state index in [-0.39, 0.29) is 5.97 Å². The van der Waals surface area contributed by atoms with Crippen molar-refractivity contribution in [3.8, 4) is 0 Å². The zero-order valence-electron chi connectivity index (χ0n) is 10.4. The summed E-state index contributed by atoms with van der Waals surface area (Å²) in [6.07, 6.45) is 10.1. The Morgan fingerprint density at radius 2 is 1.76 bits per heavy atom. The van der Waals surface area contributed by atoms with E-state index in [2.05, 4.69) is 4.74 Å². The molecule has 0 amide bonds. The van der Waals surface area contributed by atoms with Crippen molar-refractivity contribution < 1.29 is 14.5 Å². The second kappa shape index (κ2) is 11.1. The van der Waals surface area contributed by atoms with Crippen molar-refractivity contribution in [1.82, 2.24) is 0 Å². The summed E-state index contributed by atoms with van der Waals surface area (Å²) in [6, 6.07) is 0. The summed E-state index contributed by atoms with van der Waals surface area (Å²) in [5.41, 5.74) is 0. The van der Waals surface area contributed by atoms with Gasteiger partial charge in [-0.15, -0.1) is 0 Å². The Balaban J connectivity index is 3.14. The van der Waals surface area contributed by atoms with Gasteiger partial charge < -0.3 is 4.74 Å². The summed E-state index contributed by atoms with van der Waals surface area (Å²) in [4.78, 5) is 20.3. The number of ether oxygens (including phenoxy) is 1. The van der Waals surface area contributed by atoms with Crippen LogP contribution in [-0.2, 0) is 9.53 Å². The second-order valence-electron chi connectivity index (χ2n) is 3.91. The lowest BCUT2D eigenvalue weighted by atomic mass is 10.1. The van der Waals surface area contributed by atoms with Crippen LogP contribution < -0.4 is 0 Å². The van der Waals surface area contributed by atoms with Gasteiger partial charge in [-0.05, 0) is 25.3 Å². The predicted octanol–water partition coefficient (Wildman–Crippen LogP) is 3.07. The van der Waals surface area contributed by atoms with E-state index in [1.807, 2.05) is 0 Å². The summed E-state index contributed by atoms with van der Waals surface area (Å²) < 4.78 is 4.54. The second-order valence-corrected chi connectivity index (χ2v) is 3.91. The zero-order chi connectivity index (χ0) is 12.9. The maximum Gasteiger partial charge on any atom is 0.305 e. The van der Waals surface area contributed by atoms with Gasteiger partial charge in [-0.1, -0.05) is 25.7 Å². The molecule has 0 heterocycles.